The van der Waals surface area contributed by atoms with Gasteiger partial charge in [-0.3, -0.25) is 4.90 Å². The first-order valence-electron chi connectivity index (χ1n) is 39.9. The smallest absolute Gasteiger partial charge is 0.460 e. The highest BCUT2D eigenvalue weighted by Crippen LogP contribution is 2.47. The topological polar surface area (TPSA) is 199 Å². The molecule has 1 aliphatic heterocycles. The highest BCUT2D eigenvalue weighted by atomic mass is 28.4. The molecule has 606 valence electrons. The summed E-state index contributed by atoms with van der Waals surface area (Å²) < 4.78 is 77.8. The molecule has 0 spiro atoms. The number of allylic oxidation sites excluding steroid dienone is 5. The number of carbonyl (C=O) groups is 5. The number of esters is 1. The van der Waals surface area contributed by atoms with Gasteiger partial charge in [0, 0.05) is 58.7 Å². The predicted molar refractivity (Wildman–Crippen MR) is 433 cm³/mol. The lowest BCUT2D eigenvalue weighted by molar-refractivity contribution is -0.162. The van der Waals surface area contributed by atoms with Gasteiger partial charge in [-0.25, -0.2) is 19.2 Å². The zero-order valence-corrected chi connectivity index (χ0v) is 74.1. The molecule has 2 aliphatic rings. The molecule has 0 bridgehead atoms. The van der Waals surface area contributed by atoms with Crippen LogP contribution in [0.4, 0.5) is 14.4 Å². The van der Waals surface area contributed by atoms with E-state index in [9.17, 15) is 19.2 Å². The maximum absolute atomic E-state index is 15.1. The Hall–Kier alpha value is -4.20. The maximum Gasteiger partial charge on any atom is 0.508 e. The molecule has 21 heteroatoms. The van der Waals surface area contributed by atoms with Crippen LogP contribution < -0.4 is 0 Å². The molecular weight excluding hydrogens is 1380 g/mol. The average Bonchev–Trinajstić information content (AvgIpc) is 0.794. The molecule has 1 saturated heterocycles. The second kappa shape index (κ2) is 46.5. The van der Waals surface area contributed by atoms with E-state index in [-0.39, 0.29) is 84.2 Å². The van der Waals surface area contributed by atoms with Crippen LogP contribution in [0.1, 0.15) is 236 Å². The van der Waals surface area contributed by atoms with E-state index in [1.54, 1.807) is 21.3 Å². The molecule has 0 aromatic carbocycles. The third kappa shape index (κ3) is 30.9. The molecule has 0 aromatic rings. The number of likely N-dealkylation sites (tertiary alicyclic amines) is 1. The third-order valence-corrected chi connectivity index (χ3v) is 38.8. The Morgan fingerprint density at radius 3 is 1.74 bits per heavy atom. The number of carbonyl (C=O) groups excluding carboxylic acids is 5. The molecule has 18 nitrogen and oxygen atoms in total. The summed E-state index contributed by atoms with van der Waals surface area (Å²) in [6, 6.07) is 0.683. The SMILES string of the molecule is C=CCOC(=O)O[C@@H]([C@H](OC)[C@H](O[Si](CC)(CC)C(C)C)/C(C)=C/[C@@H](C)[C@H](C[C@H](OC(=O)[C@@H]1CCCCN1C(=O)OC(C)(C)C)[C@H](C)C[C@@H]1CC[C@@H](O[Si](C(C)C)(C(C)C)C(C)C)[C@H](OC)C1)OC(=O)OCC=C)[C@H](C)C[C@H](C)/C=C/C=C/C=C(\C)[C@H](C[C@H](CC[C@@H](C)C=O)O[Si](C)(C)C(C)(C)C)OC. The molecule has 2 fully saturated rings. The fraction of sp³-hybridized carbons (Fsp3) is 0.798. The number of aldehydes is 1. The van der Waals surface area contributed by atoms with Crippen molar-refractivity contribution in [3.63, 3.8) is 0 Å². The van der Waals surface area contributed by atoms with Gasteiger partial charge < -0.3 is 60.7 Å². The lowest BCUT2D eigenvalue weighted by atomic mass is 9.78. The maximum atomic E-state index is 15.1. The van der Waals surface area contributed by atoms with Crippen molar-refractivity contribution < 1.29 is 79.9 Å². The van der Waals surface area contributed by atoms with E-state index in [2.05, 4.69) is 156 Å². The van der Waals surface area contributed by atoms with E-state index in [4.69, 9.17) is 55.9 Å². The van der Waals surface area contributed by atoms with E-state index in [1.807, 2.05) is 65.8 Å². The van der Waals surface area contributed by atoms with E-state index < -0.39 is 97.4 Å². The van der Waals surface area contributed by atoms with Gasteiger partial charge in [0.05, 0.1) is 24.4 Å². The van der Waals surface area contributed by atoms with Crippen molar-refractivity contribution in [3.05, 3.63) is 72.9 Å². The Morgan fingerprint density at radius 1 is 0.629 bits per heavy atom. The highest BCUT2D eigenvalue weighted by molar-refractivity contribution is 6.77. The fourth-order valence-electron chi connectivity index (χ4n) is 15.7. The number of hydrogen-bond acceptors (Lipinski definition) is 17. The van der Waals surface area contributed by atoms with Crippen LogP contribution in [-0.4, -0.2) is 168 Å². The van der Waals surface area contributed by atoms with Gasteiger partial charge in [0.25, 0.3) is 0 Å². The Balaban J connectivity index is 2.88. The van der Waals surface area contributed by atoms with Gasteiger partial charge in [0.1, 0.15) is 55.6 Å². The summed E-state index contributed by atoms with van der Waals surface area (Å²) >= 11 is 0. The quantitative estimate of drug-likeness (QED) is 0.0139. The Labute approximate surface area is 641 Å². The fourth-order valence-corrected chi connectivity index (χ4v) is 26.3. The normalized spacial score (nSPS) is 21.3. The number of ether oxygens (including phenoxy) is 9. The van der Waals surface area contributed by atoms with Crippen molar-refractivity contribution in [2.45, 2.75) is 355 Å². The van der Waals surface area contributed by atoms with E-state index >= 15 is 4.79 Å². The van der Waals surface area contributed by atoms with Gasteiger partial charge in [0.15, 0.2) is 16.6 Å². The number of hydrogen-bond donors (Lipinski definition) is 0. The molecule has 0 radical (unpaired) electrons. The largest absolute Gasteiger partial charge is 0.508 e. The van der Waals surface area contributed by atoms with Crippen LogP contribution in [0.15, 0.2) is 72.9 Å². The van der Waals surface area contributed by atoms with Crippen LogP contribution in [-0.2, 0) is 65.5 Å². The minimum Gasteiger partial charge on any atom is -0.460 e. The lowest BCUT2D eigenvalue weighted by Gasteiger charge is -2.48. The molecule has 2 rings (SSSR count). The van der Waals surface area contributed by atoms with E-state index in [1.165, 1.54) is 17.1 Å². The zero-order chi connectivity index (χ0) is 80.0. The van der Waals surface area contributed by atoms with Crippen LogP contribution in [0, 0.1) is 35.5 Å². The summed E-state index contributed by atoms with van der Waals surface area (Å²) in [5, 5.41) is 0.0262. The van der Waals surface area contributed by atoms with Crippen LogP contribution in [0.5, 0.6) is 0 Å². The molecule has 1 heterocycles. The second-order valence-electron chi connectivity index (χ2n) is 34.4. The minimum atomic E-state index is -2.64. The Bertz CT molecular complexity index is 2710. The van der Waals surface area contributed by atoms with Gasteiger partial charge in [-0.15, -0.1) is 0 Å². The van der Waals surface area contributed by atoms with E-state index in [0.717, 1.165) is 61.6 Å². The van der Waals surface area contributed by atoms with Crippen molar-refractivity contribution in [2.75, 3.05) is 41.1 Å². The zero-order valence-electron chi connectivity index (χ0n) is 71.1. The molecule has 1 amide bonds. The van der Waals surface area contributed by atoms with Crippen LogP contribution in [0.25, 0.3) is 0 Å². The molecule has 1 aliphatic carbocycles. The summed E-state index contributed by atoms with van der Waals surface area (Å²) in [6.07, 6.45) is 17.0. The first-order chi connectivity index (χ1) is 49.0. The van der Waals surface area contributed by atoms with Crippen molar-refractivity contribution >= 4 is 55.6 Å². The van der Waals surface area contributed by atoms with Crippen molar-refractivity contribution in [1.82, 2.24) is 4.90 Å². The van der Waals surface area contributed by atoms with Gasteiger partial charge >= 0.3 is 24.4 Å². The summed E-state index contributed by atoms with van der Waals surface area (Å²) in [7, 11) is -1.88. The summed E-state index contributed by atoms with van der Waals surface area (Å²) in [5.74, 6) is -1.57. The molecule has 0 unspecified atom stereocenters. The van der Waals surface area contributed by atoms with Crippen molar-refractivity contribution in [1.29, 1.82) is 0 Å². The number of rotatable bonds is 46. The van der Waals surface area contributed by atoms with Gasteiger partial charge in [-0.1, -0.05) is 186 Å². The first-order valence-corrected chi connectivity index (χ1v) is 47.3. The Morgan fingerprint density at radius 2 is 1.23 bits per heavy atom. The summed E-state index contributed by atoms with van der Waals surface area (Å²) in [6.45, 7) is 61.3. The second-order valence-corrected chi connectivity index (χ2v) is 49.5. The van der Waals surface area contributed by atoms with Gasteiger partial charge in [-0.05, 0) is 186 Å². The number of methoxy groups -OCH3 is 3. The van der Waals surface area contributed by atoms with Crippen molar-refractivity contribution in [2.24, 2.45) is 35.5 Å². The molecule has 1 saturated carbocycles. The molecule has 16 atom stereocenters. The lowest BCUT2D eigenvalue weighted by Crippen LogP contribution is -2.53. The van der Waals surface area contributed by atoms with Gasteiger partial charge in [-0.2, -0.15) is 0 Å². The highest BCUT2D eigenvalue weighted by Gasteiger charge is 2.50. The number of amides is 1. The molecule has 0 aromatic heterocycles. The Kier molecular flexibility index (Phi) is 42.9. The predicted octanol–water partition coefficient (Wildman–Crippen LogP) is 21.4. The summed E-state index contributed by atoms with van der Waals surface area (Å²) in [4.78, 5) is 70.0. The standard InChI is InChI=1S/C84H151NO17Si3/c1-31-48-94-81(89)97-74(55-73(96-79(87)70-42-38-39-47-85(70)80(88)99-83(20,21)22)65(17)52-68-44-46-71(75(53-68)92-27)101-105(58(7)8,59(9)10)60(11)12)64(16)51-67(19)77(102-104(33-3,34-4)57(5)6)78(93-28)76(98-82(90)95-49-32-2)66(18)50-61(13)40-36-35-37-41-63(15)72(91-26)54-69(45-43-62(14)56-86)100-103(29,30)84(23,24)25/h31-32,35-37,40-41,51,56-62,64-66,68-78H,1-2,33-34,38-39,42-50,52-55H2,3-30H3/b37-35+,40-36+,63-41+,67-51+/t61-,62-,64-,65-,66-,68+,69+,70+,71-,72+,73+,74+,75-,76-,77-,78+/m1/s1. The first kappa shape index (κ1) is 96.9. The number of piperidine rings is 1. The van der Waals surface area contributed by atoms with Gasteiger partial charge in [0.2, 0.25) is 8.32 Å². The third-order valence-electron chi connectivity index (χ3n) is 22.9. The molecule has 0 N–H and O–H groups in total. The van der Waals surface area contributed by atoms with Crippen molar-refractivity contribution in [3.8, 4) is 0 Å². The van der Waals surface area contributed by atoms with E-state index in [0.29, 0.717) is 61.7 Å². The average molecular weight is 1530 g/mol. The van der Waals surface area contributed by atoms with Crippen LogP contribution in [0.2, 0.25) is 52.4 Å². The van der Waals surface area contributed by atoms with Crippen LogP contribution in [0.3, 0.4) is 0 Å². The molecule has 105 heavy (non-hydrogen) atoms. The monoisotopic (exact) mass is 1530 g/mol. The number of nitrogens with zero attached hydrogens (tertiary/aromatic N) is 1. The molecular formula is C84H151NO17Si3. The van der Waals surface area contributed by atoms with Crippen LogP contribution >= 0.6 is 0 Å². The summed E-state index contributed by atoms with van der Waals surface area (Å²) in [5.41, 5.74) is 2.42. The minimum absolute atomic E-state index is 0.000718.